The van der Waals surface area contributed by atoms with Crippen LogP contribution in [0.5, 0.6) is 5.75 Å². The van der Waals surface area contributed by atoms with E-state index in [0.717, 1.165) is 24.3 Å². The summed E-state index contributed by atoms with van der Waals surface area (Å²) in [4.78, 5) is 25.5. The fourth-order valence-electron chi connectivity index (χ4n) is 3.14. The van der Waals surface area contributed by atoms with E-state index < -0.39 is 34.1 Å². The van der Waals surface area contributed by atoms with Crippen LogP contribution in [-0.4, -0.2) is 68.6 Å². The predicted octanol–water partition coefficient (Wildman–Crippen LogP) is 2.24. The third kappa shape index (κ3) is 7.17. The molecule has 9 nitrogen and oxygen atoms in total. The first kappa shape index (κ1) is 24.5. The molecular formula is C20H21F3N4O5S. The number of benzene rings is 2. The fourth-order valence-corrected chi connectivity index (χ4v) is 4.57. The number of hydrogen-bond acceptors (Lipinski definition) is 6. The van der Waals surface area contributed by atoms with E-state index in [9.17, 15) is 31.2 Å². The zero-order valence-corrected chi connectivity index (χ0v) is 18.0. The number of sulfonamides is 1. The van der Waals surface area contributed by atoms with Crippen LogP contribution >= 0.6 is 0 Å². The second kappa shape index (κ2) is 10.2. The largest absolute Gasteiger partial charge is 0.573 e. The third-order valence-corrected chi connectivity index (χ3v) is 6.59. The summed E-state index contributed by atoms with van der Waals surface area (Å²) >= 11 is 0. The van der Waals surface area contributed by atoms with Gasteiger partial charge < -0.3 is 10.1 Å². The average molecular weight is 486 g/mol. The molecule has 3 amide bonds. The van der Waals surface area contributed by atoms with Crippen LogP contribution in [0.15, 0.2) is 59.5 Å². The normalized spacial score (nSPS) is 15.6. The Balaban J connectivity index is 1.48. The lowest BCUT2D eigenvalue weighted by molar-refractivity contribution is -0.274. The standard InChI is InChI=1S/C20H21F3N4O5S/c21-20(22,23)32-16-6-8-17(9-7-16)33(30,31)27-12-10-26(11-13-27)14-18(28)25-19(29)24-15-4-2-1-3-5-15/h1-9H,10-14H2,(H2,24,25,28,29). The molecule has 2 N–H and O–H groups in total. The van der Waals surface area contributed by atoms with E-state index in [1.807, 2.05) is 0 Å². The number of halogens is 3. The van der Waals surface area contributed by atoms with Gasteiger partial charge >= 0.3 is 12.4 Å². The molecule has 0 unspecified atom stereocenters. The van der Waals surface area contributed by atoms with Gasteiger partial charge in [-0.1, -0.05) is 18.2 Å². The van der Waals surface area contributed by atoms with Gasteiger partial charge in [0.05, 0.1) is 11.4 Å². The minimum absolute atomic E-state index is 0.0760. The molecule has 1 aliphatic rings. The molecule has 1 saturated heterocycles. The van der Waals surface area contributed by atoms with Gasteiger partial charge in [-0.25, -0.2) is 13.2 Å². The lowest BCUT2D eigenvalue weighted by Gasteiger charge is -2.33. The van der Waals surface area contributed by atoms with Crippen molar-refractivity contribution in [2.45, 2.75) is 11.3 Å². The van der Waals surface area contributed by atoms with Crippen molar-refractivity contribution in [3.05, 3.63) is 54.6 Å². The van der Waals surface area contributed by atoms with Crippen LogP contribution in [0.25, 0.3) is 0 Å². The molecule has 0 bridgehead atoms. The van der Waals surface area contributed by atoms with Gasteiger partial charge in [-0.05, 0) is 36.4 Å². The van der Waals surface area contributed by atoms with Crippen LogP contribution in [0.1, 0.15) is 0 Å². The number of ether oxygens (including phenoxy) is 1. The highest BCUT2D eigenvalue weighted by atomic mass is 32.2. The summed E-state index contributed by atoms with van der Waals surface area (Å²) in [6.07, 6.45) is -4.87. The third-order valence-electron chi connectivity index (χ3n) is 4.68. The van der Waals surface area contributed by atoms with Gasteiger partial charge in [-0.3, -0.25) is 15.0 Å². The number of carbonyl (C=O) groups excluding carboxylic acids is 2. The number of alkyl halides is 3. The van der Waals surface area contributed by atoms with Crippen molar-refractivity contribution in [1.82, 2.24) is 14.5 Å². The van der Waals surface area contributed by atoms with Gasteiger partial charge in [0.25, 0.3) is 0 Å². The lowest BCUT2D eigenvalue weighted by Crippen LogP contribution is -2.51. The van der Waals surface area contributed by atoms with E-state index in [4.69, 9.17) is 0 Å². The Morgan fingerprint density at radius 3 is 2.12 bits per heavy atom. The van der Waals surface area contributed by atoms with Crippen molar-refractivity contribution in [3.63, 3.8) is 0 Å². The van der Waals surface area contributed by atoms with Crippen molar-refractivity contribution in [1.29, 1.82) is 0 Å². The number of rotatable bonds is 6. The molecule has 1 aliphatic heterocycles. The maximum absolute atomic E-state index is 12.7. The van der Waals surface area contributed by atoms with E-state index in [-0.39, 0.29) is 37.6 Å². The summed E-state index contributed by atoms with van der Waals surface area (Å²) in [5, 5.41) is 4.73. The number of piperazine rings is 1. The Morgan fingerprint density at radius 2 is 1.55 bits per heavy atom. The van der Waals surface area contributed by atoms with Gasteiger partial charge in [-0.15, -0.1) is 13.2 Å². The quantitative estimate of drug-likeness (QED) is 0.649. The molecule has 2 aromatic carbocycles. The van der Waals surface area contributed by atoms with Gasteiger partial charge in [0.15, 0.2) is 0 Å². The highest BCUT2D eigenvalue weighted by Crippen LogP contribution is 2.25. The summed E-state index contributed by atoms with van der Waals surface area (Å²) in [7, 11) is -3.92. The van der Waals surface area contributed by atoms with Gasteiger partial charge in [-0.2, -0.15) is 4.31 Å². The fraction of sp³-hybridized carbons (Fsp3) is 0.300. The number of imide groups is 1. The minimum atomic E-state index is -4.87. The Hall–Kier alpha value is -3.16. The molecule has 0 aliphatic carbocycles. The molecule has 0 aromatic heterocycles. The molecule has 0 spiro atoms. The number of para-hydroxylation sites is 1. The number of urea groups is 1. The first-order valence-corrected chi connectivity index (χ1v) is 11.2. The SMILES string of the molecule is O=C(CN1CCN(S(=O)(=O)c2ccc(OC(F)(F)F)cc2)CC1)NC(=O)Nc1ccccc1. The zero-order valence-electron chi connectivity index (χ0n) is 17.2. The molecule has 33 heavy (non-hydrogen) atoms. The summed E-state index contributed by atoms with van der Waals surface area (Å²) in [6.45, 7) is 0.531. The number of nitrogens with zero attached hydrogens (tertiary/aromatic N) is 2. The Morgan fingerprint density at radius 1 is 0.939 bits per heavy atom. The molecular weight excluding hydrogens is 465 g/mol. The van der Waals surface area contributed by atoms with Crippen LogP contribution in [0.2, 0.25) is 0 Å². The second-order valence-corrected chi connectivity index (χ2v) is 9.01. The second-order valence-electron chi connectivity index (χ2n) is 7.07. The smallest absolute Gasteiger partial charge is 0.406 e. The number of hydrogen-bond donors (Lipinski definition) is 2. The van der Waals surface area contributed by atoms with E-state index in [1.165, 1.54) is 4.31 Å². The maximum Gasteiger partial charge on any atom is 0.573 e. The van der Waals surface area contributed by atoms with Gasteiger partial charge in [0, 0.05) is 31.9 Å². The van der Waals surface area contributed by atoms with Crippen LogP contribution in [0.4, 0.5) is 23.7 Å². The van der Waals surface area contributed by atoms with Crippen molar-refractivity contribution in [2.24, 2.45) is 0 Å². The number of anilines is 1. The molecule has 3 rings (SSSR count). The zero-order chi connectivity index (χ0) is 24.1. The number of amides is 3. The predicted molar refractivity (Wildman–Crippen MR) is 112 cm³/mol. The lowest BCUT2D eigenvalue weighted by atomic mass is 10.3. The van der Waals surface area contributed by atoms with Crippen molar-refractivity contribution < 1.29 is 35.9 Å². The van der Waals surface area contributed by atoms with E-state index >= 15 is 0 Å². The van der Waals surface area contributed by atoms with Gasteiger partial charge in [0.2, 0.25) is 15.9 Å². The summed E-state index contributed by atoms with van der Waals surface area (Å²) in [5.41, 5.74) is 0.527. The Bertz CT molecular complexity index is 1070. The highest BCUT2D eigenvalue weighted by molar-refractivity contribution is 7.89. The summed E-state index contributed by atoms with van der Waals surface area (Å²) in [5.74, 6) is -1.06. The number of nitrogens with one attached hydrogen (secondary N) is 2. The summed E-state index contributed by atoms with van der Waals surface area (Å²) < 4.78 is 67.2. The minimum Gasteiger partial charge on any atom is -0.406 e. The topological polar surface area (TPSA) is 108 Å². The average Bonchev–Trinajstić information content (AvgIpc) is 2.74. The van der Waals surface area contributed by atoms with Crippen LogP contribution < -0.4 is 15.4 Å². The summed E-state index contributed by atoms with van der Waals surface area (Å²) in [6, 6.07) is 11.9. The Kier molecular flexibility index (Phi) is 7.56. The molecule has 2 aromatic rings. The first-order valence-electron chi connectivity index (χ1n) is 9.77. The molecule has 13 heteroatoms. The molecule has 1 fully saturated rings. The van der Waals surface area contributed by atoms with Crippen LogP contribution in [0, 0.1) is 0 Å². The highest BCUT2D eigenvalue weighted by Gasteiger charge is 2.32. The van der Waals surface area contributed by atoms with E-state index in [1.54, 1.807) is 35.2 Å². The Labute approximate surface area is 188 Å². The molecule has 0 saturated carbocycles. The molecule has 1 heterocycles. The van der Waals surface area contributed by atoms with Crippen molar-refractivity contribution in [3.8, 4) is 5.75 Å². The molecule has 178 valence electrons. The van der Waals surface area contributed by atoms with Crippen molar-refractivity contribution >= 4 is 27.6 Å². The van der Waals surface area contributed by atoms with E-state index in [2.05, 4.69) is 15.4 Å². The van der Waals surface area contributed by atoms with Gasteiger partial charge in [0.1, 0.15) is 5.75 Å². The van der Waals surface area contributed by atoms with E-state index in [0.29, 0.717) is 5.69 Å². The maximum atomic E-state index is 12.7. The number of carbonyl (C=O) groups is 2. The molecule has 0 atom stereocenters. The first-order chi connectivity index (χ1) is 15.5. The molecule has 0 radical (unpaired) electrons. The van der Waals surface area contributed by atoms with Crippen LogP contribution in [-0.2, 0) is 14.8 Å². The van der Waals surface area contributed by atoms with Crippen LogP contribution in [0.3, 0.4) is 0 Å². The van der Waals surface area contributed by atoms with Crippen molar-refractivity contribution in [2.75, 3.05) is 38.0 Å². The monoisotopic (exact) mass is 486 g/mol.